The van der Waals surface area contributed by atoms with Crippen molar-refractivity contribution in [1.82, 2.24) is 9.58 Å². The maximum absolute atomic E-state index is 12.9. The first-order valence-corrected chi connectivity index (χ1v) is 10.1. The fourth-order valence-electron chi connectivity index (χ4n) is 4.03. The molecule has 0 fully saturated rings. The molecular weight excluding hydrogens is 378 g/mol. The highest BCUT2D eigenvalue weighted by molar-refractivity contribution is 5.96. The third-order valence-corrected chi connectivity index (χ3v) is 5.47. The van der Waals surface area contributed by atoms with Crippen LogP contribution in [0.1, 0.15) is 46.6 Å². The van der Waals surface area contributed by atoms with Crippen molar-refractivity contribution in [2.45, 2.75) is 25.8 Å². The summed E-state index contributed by atoms with van der Waals surface area (Å²) in [6, 6.07) is 19.8. The van der Waals surface area contributed by atoms with Gasteiger partial charge in [0, 0.05) is 18.8 Å². The van der Waals surface area contributed by atoms with Crippen LogP contribution in [0.15, 0.2) is 71.7 Å². The average molecular weight is 403 g/mol. The number of carbonyl (C=O) groups excluding carboxylic acids is 1. The Balaban J connectivity index is 1.96. The molecule has 6 heteroatoms. The summed E-state index contributed by atoms with van der Waals surface area (Å²) in [5.74, 6) is -0.855. The van der Waals surface area contributed by atoms with E-state index in [-0.39, 0.29) is 17.6 Å². The number of carbonyl (C=O) groups is 1. The van der Waals surface area contributed by atoms with Crippen LogP contribution in [0.2, 0.25) is 0 Å². The van der Waals surface area contributed by atoms with Gasteiger partial charge in [0.25, 0.3) is 5.91 Å². The van der Waals surface area contributed by atoms with Gasteiger partial charge in [0.15, 0.2) is 11.4 Å². The molecule has 4 rings (SSSR count). The predicted octanol–water partition coefficient (Wildman–Crippen LogP) is 3.28. The molecule has 0 saturated carbocycles. The van der Waals surface area contributed by atoms with Crippen LogP contribution in [-0.4, -0.2) is 34.3 Å². The minimum absolute atomic E-state index is 0.00506. The molecule has 3 aromatic rings. The summed E-state index contributed by atoms with van der Waals surface area (Å²) in [4.78, 5) is 27.0. The maximum Gasteiger partial charge on any atom is 0.277 e. The number of benzene rings is 2. The lowest BCUT2D eigenvalue weighted by Gasteiger charge is -2.43. The smallest absolute Gasteiger partial charge is 0.277 e. The minimum Gasteiger partial charge on any atom is -0.502 e. The van der Waals surface area contributed by atoms with E-state index in [1.165, 1.54) is 4.90 Å². The van der Waals surface area contributed by atoms with Gasteiger partial charge in [0.05, 0.1) is 6.04 Å². The van der Waals surface area contributed by atoms with E-state index in [4.69, 9.17) is 0 Å². The number of hydrogen-bond donors (Lipinski definition) is 1. The van der Waals surface area contributed by atoms with Gasteiger partial charge in [0.1, 0.15) is 6.67 Å². The number of nitrogens with zero attached hydrogens (tertiary/aromatic N) is 3. The molecule has 6 nitrogen and oxygen atoms in total. The second kappa shape index (κ2) is 8.06. The monoisotopic (exact) mass is 403 g/mol. The molecular formula is C24H25N3O3. The van der Waals surface area contributed by atoms with E-state index in [0.717, 1.165) is 17.5 Å². The third-order valence-electron chi connectivity index (χ3n) is 5.47. The molecule has 1 amide bonds. The molecule has 1 N–H and O–H groups in total. The lowest BCUT2D eigenvalue weighted by molar-refractivity contribution is 0.0726. The van der Waals surface area contributed by atoms with Gasteiger partial charge in [-0.1, -0.05) is 74.0 Å². The van der Waals surface area contributed by atoms with Crippen molar-refractivity contribution in [2.75, 3.05) is 18.7 Å². The molecule has 0 saturated heterocycles. The number of pyridine rings is 1. The number of hydrogen-bond acceptors (Lipinski definition) is 4. The van der Waals surface area contributed by atoms with E-state index in [0.29, 0.717) is 18.7 Å². The Hall–Kier alpha value is -3.54. The molecule has 1 aromatic heterocycles. The topological polar surface area (TPSA) is 65.8 Å². The molecule has 0 atom stereocenters. The lowest BCUT2D eigenvalue weighted by Crippen LogP contribution is -2.54. The molecule has 154 valence electrons. The largest absolute Gasteiger partial charge is 0.502 e. The van der Waals surface area contributed by atoms with Crippen LogP contribution in [-0.2, 0) is 6.42 Å². The Morgan fingerprint density at radius 1 is 0.967 bits per heavy atom. The average Bonchev–Trinajstić information content (AvgIpc) is 2.77. The Bertz CT molecular complexity index is 1070. The summed E-state index contributed by atoms with van der Waals surface area (Å²) >= 11 is 0. The second-order valence-electron chi connectivity index (χ2n) is 7.58. The fourth-order valence-corrected chi connectivity index (χ4v) is 4.03. The second-order valence-corrected chi connectivity index (χ2v) is 7.58. The standard InChI is InChI=1S/C24H25N3O3/c1-3-10-19-15-26-21(23(29)22(19)28)24(30)25(2)16-27(26)20(17-11-6-4-7-12-17)18-13-8-5-9-14-18/h4-9,11-15,20,29H,3,10,16H2,1-2H3. The van der Waals surface area contributed by atoms with Crippen LogP contribution in [0, 0.1) is 0 Å². The molecule has 0 unspecified atom stereocenters. The number of amides is 1. The minimum atomic E-state index is -0.484. The third kappa shape index (κ3) is 3.34. The van der Waals surface area contributed by atoms with Crippen molar-refractivity contribution in [3.8, 4) is 5.75 Å². The molecule has 0 radical (unpaired) electrons. The number of aryl methyl sites for hydroxylation is 1. The normalized spacial score (nSPS) is 13.6. The highest BCUT2D eigenvalue weighted by atomic mass is 16.3. The highest BCUT2D eigenvalue weighted by Crippen LogP contribution is 2.32. The van der Waals surface area contributed by atoms with Crippen molar-refractivity contribution in [3.63, 3.8) is 0 Å². The maximum atomic E-state index is 12.9. The Morgan fingerprint density at radius 2 is 1.53 bits per heavy atom. The van der Waals surface area contributed by atoms with Crippen molar-refractivity contribution in [1.29, 1.82) is 0 Å². The van der Waals surface area contributed by atoms with E-state index in [1.807, 2.05) is 72.6 Å². The number of rotatable bonds is 5. The summed E-state index contributed by atoms with van der Waals surface area (Å²) in [5.41, 5.74) is 2.13. The van der Waals surface area contributed by atoms with Gasteiger partial charge in [0.2, 0.25) is 5.43 Å². The van der Waals surface area contributed by atoms with Crippen molar-refractivity contribution >= 4 is 5.91 Å². The fraction of sp³-hybridized carbons (Fsp3) is 0.250. The predicted molar refractivity (Wildman–Crippen MR) is 116 cm³/mol. The van der Waals surface area contributed by atoms with Gasteiger partial charge in [-0.2, -0.15) is 0 Å². The molecule has 1 aliphatic rings. The molecule has 1 aliphatic heterocycles. The zero-order valence-electron chi connectivity index (χ0n) is 17.2. The summed E-state index contributed by atoms with van der Waals surface area (Å²) in [5, 5.41) is 12.7. The number of aromatic hydroxyl groups is 1. The lowest BCUT2D eigenvalue weighted by atomic mass is 9.98. The van der Waals surface area contributed by atoms with Crippen LogP contribution in [0.4, 0.5) is 0 Å². The molecule has 2 aromatic carbocycles. The Labute approximate surface area is 175 Å². The molecule has 0 aliphatic carbocycles. The van der Waals surface area contributed by atoms with E-state index in [2.05, 4.69) is 0 Å². The number of fused-ring (bicyclic) bond motifs is 1. The van der Waals surface area contributed by atoms with Crippen molar-refractivity contribution < 1.29 is 9.90 Å². The Morgan fingerprint density at radius 3 is 2.07 bits per heavy atom. The van der Waals surface area contributed by atoms with Crippen molar-refractivity contribution in [3.05, 3.63) is 99.5 Å². The highest BCUT2D eigenvalue weighted by Gasteiger charge is 2.35. The molecule has 30 heavy (non-hydrogen) atoms. The van der Waals surface area contributed by atoms with Crippen molar-refractivity contribution in [2.24, 2.45) is 0 Å². The van der Waals surface area contributed by atoms with E-state index in [1.54, 1.807) is 17.9 Å². The molecule has 0 spiro atoms. The zero-order valence-corrected chi connectivity index (χ0v) is 17.2. The summed E-state index contributed by atoms with van der Waals surface area (Å²) in [7, 11) is 1.68. The molecule has 0 bridgehead atoms. The first kappa shape index (κ1) is 19.8. The number of aromatic nitrogens is 1. The zero-order chi connectivity index (χ0) is 21.3. The van der Waals surface area contributed by atoms with Crippen LogP contribution < -0.4 is 10.4 Å². The van der Waals surface area contributed by atoms with Crippen LogP contribution >= 0.6 is 0 Å². The van der Waals surface area contributed by atoms with E-state index >= 15 is 0 Å². The van der Waals surface area contributed by atoms with Gasteiger partial charge >= 0.3 is 0 Å². The quantitative estimate of drug-likeness (QED) is 0.710. The van der Waals surface area contributed by atoms with Crippen LogP contribution in [0.25, 0.3) is 0 Å². The summed E-state index contributed by atoms with van der Waals surface area (Å²) in [6.45, 7) is 2.29. The van der Waals surface area contributed by atoms with Gasteiger partial charge in [-0.25, -0.2) is 0 Å². The summed E-state index contributed by atoms with van der Waals surface area (Å²) < 4.78 is 1.68. The van der Waals surface area contributed by atoms with E-state index in [9.17, 15) is 14.7 Å². The molecule has 2 heterocycles. The summed E-state index contributed by atoms with van der Waals surface area (Å²) in [6.07, 6.45) is 3.01. The Kier molecular flexibility index (Phi) is 5.31. The first-order valence-electron chi connectivity index (χ1n) is 10.1. The van der Waals surface area contributed by atoms with Crippen LogP contribution in [0.5, 0.6) is 5.75 Å². The van der Waals surface area contributed by atoms with Gasteiger partial charge in [-0.15, -0.1) is 0 Å². The van der Waals surface area contributed by atoms with Gasteiger partial charge in [-0.05, 0) is 17.5 Å². The van der Waals surface area contributed by atoms with E-state index < -0.39 is 11.2 Å². The van der Waals surface area contributed by atoms with Crippen LogP contribution in [0.3, 0.4) is 0 Å². The van der Waals surface area contributed by atoms with Gasteiger partial charge < -0.3 is 10.0 Å². The first-order chi connectivity index (χ1) is 14.5. The van der Waals surface area contributed by atoms with Gasteiger partial charge in [-0.3, -0.25) is 19.3 Å². The SMILES string of the molecule is CCCc1cn2c(c(O)c1=O)C(=O)N(C)CN2C(c1ccccc1)c1ccccc1.